The van der Waals surface area contributed by atoms with Crippen LogP contribution in [0.3, 0.4) is 0 Å². The third kappa shape index (κ3) is 4.70. The molecule has 6 heteroatoms. The van der Waals surface area contributed by atoms with Gasteiger partial charge in [0.15, 0.2) is 0 Å². The zero-order valence-corrected chi connectivity index (χ0v) is 15.3. The molecule has 1 atom stereocenters. The minimum atomic E-state index is -0.438. The molecule has 6 nitrogen and oxygen atoms in total. The third-order valence-corrected chi connectivity index (χ3v) is 4.41. The highest BCUT2D eigenvalue weighted by Gasteiger charge is 2.37. The molecule has 1 unspecified atom stereocenters. The standard InChI is InChI=1S/C17H30N4O2/c1-13-14(10-19-20(13)6)9-18-11-17(5)7-8-21(12-17)15(22)23-16(2,3)4/h10,18H,7-9,11-12H2,1-6H3. The minimum Gasteiger partial charge on any atom is -0.444 e. The van der Waals surface area contributed by atoms with Crippen molar-refractivity contribution < 1.29 is 9.53 Å². The first-order valence-corrected chi connectivity index (χ1v) is 8.26. The van der Waals surface area contributed by atoms with Crippen molar-refractivity contribution in [3.8, 4) is 0 Å². The van der Waals surface area contributed by atoms with Gasteiger partial charge in [0, 0.05) is 44.5 Å². The van der Waals surface area contributed by atoms with Crippen molar-refractivity contribution in [3.63, 3.8) is 0 Å². The van der Waals surface area contributed by atoms with Crippen LogP contribution in [0.4, 0.5) is 4.79 Å². The molecule has 23 heavy (non-hydrogen) atoms. The van der Waals surface area contributed by atoms with Crippen molar-refractivity contribution in [2.75, 3.05) is 19.6 Å². The Bertz CT molecular complexity index is 561. The van der Waals surface area contributed by atoms with Crippen LogP contribution < -0.4 is 5.32 Å². The Hall–Kier alpha value is -1.56. The SMILES string of the molecule is Cc1c(CNCC2(C)CCN(C(=O)OC(C)(C)C)C2)cnn1C. The fourth-order valence-corrected chi connectivity index (χ4v) is 2.87. The summed E-state index contributed by atoms with van der Waals surface area (Å²) in [6, 6.07) is 0. The number of carbonyl (C=O) groups excluding carboxylic acids is 1. The summed E-state index contributed by atoms with van der Waals surface area (Å²) < 4.78 is 7.35. The van der Waals surface area contributed by atoms with Gasteiger partial charge < -0.3 is 15.0 Å². The summed E-state index contributed by atoms with van der Waals surface area (Å²) in [6.07, 6.45) is 2.70. The molecule has 1 aliphatic rings. The maximum Gasteiger partial charge on any atom is 0.410 e. The number of amides is 1. The smallest absolute Gasteiger partial charge is 0.410 e. The number of nitrogens with one attached hydrogen (secondary N) is 1. The molecule has 0 radical (unpaired) electrons. The average Bonchev–Trinajstić information content (AvgIpc) is 2.95. The van der Waals surface area contributed by atoms with Gasteiger partial charge in [0.05, 0.1) is 6.20 Å². The van der Waals surface area contributed by atoms with Crippen LogP contribution in [0.5, 0.6) is 0 Å². The second-order valence-electron chi connectivity index (χ2n) is 7.94. The van der Waals surface area contributed by atoms with E-state index in [0.29, 0.717) is 0 Å². The van der Waals surface area contributed by atoms with Crippen LogP contribution in [-0.2, 0) is 18.3 Å². The minimum absolute atomic E-state index is 0.0903. The van der Waals surface area contributed by atoms with Crippen molar-refractivity contribution in [1.29, 1.82) is 0 Å². The number of carbonyl (C=O) groups is 1. The Morgan fingerprint density at radius 1 is 1.48 bits per heavy atom. The van der Waals surface area contributed by atoms with Gasteiger partial charge in [-0.15, -0.1) is 0 Å². The number of rotatable bonds is 4. The van der Waals surface area contributed by atoms with Crippen molar-refractivity contribution in [1.82, 2.24) is 20.0 Å². The highest BCUT2D eigenvalue weighted by Crippen LogP contribution is 2.30. The van der Waals surface area contributed by atoms with Gasteiger partial charge in [0.1, 0.15) is 5.60 Å². The molecule has 0 spiro atoms. The summed E-state index contributed by atoms with van der Waals surface area (Å²) >= 11 is 0. The molecule has 1 N–H and O–H groups in total. The molecular formula is C17H30N4O2. The highest BCUT2D eigenvalue weighted by atomic mass is 16.6. The normalized spacial score (nSPS) is 21.7. The highest BCUT2D eigenvalue weighted by molar-refractivity contribution is 5.68. The van der Waals surface area contributed by atoms with Gasteiger partial charge in [-0.2, -0.15) is 5.10 Å². The molecule has 0 aliphatic carbocycles. The van der Waals surface area contributed by atoms with Crippen LogP contribution in [-0.4, -0.2) is 46.0 Å². The van der Waals surface area contributed by atoms with Crippen molar-refractivity contribution in [2.45, 2.75) is 53.2 Å². The molecule has 1 saturated heterocycles. The second kappa shape index (κ2) is 6.51. The van der Waals surface area contributed by atoms with Crippen LogP contribution >= 0.6 is 0 Å². The van der Waals surface area contributed by atoms with Crippen LogP contribution in [0.15, 0.2) is 6.20 Å². The quantitative estimate of drug-likeness (QED) is 0.925. The average molecular weight is 322 g/mol. The second-order valence-corrected chi connectivity index (χ2v) is 7.94. The maximum absolute atomic E-state index is 12.2. The molecule has 1 aromatic rings. The van der Waals surface area contributed by atoms with Gasteiger partial charge in [-0.25, -0.2) is 4.79 Å². The first-order chi connectivity index (χ1) is 10.6. The lowest BCUT2D eigenvalue weighted by atomic mass is 9.90. The fourth-order valence-electron chi connectivity index (χ4n) is 2.87. The lowest BCUT2D eigenvalue weighted by Gasteiger charge is -2.27. The molecule has 0 saturated carbocycles. The van der Waals surface area contributed by atoms with Gasteiger partial charge in [-0.05, 0) is 39.5 Å². The molecule has 2 heterocycles. The van der Waals surface area contributed by atoms with E-state index in [1.807, 2.05) is 43.6 Å². The van der Waals surface area contributed by atoms with Crippen molar-refractivity contribution >= 4 is 6.09 Å². The summed E-state index contributed by atoms with van der Waals surface area (Å²) in [5.74, 6) is 0. The molecule has 1 aromatic heterocycles. The Kier molecular flexibility index (Phi) is 5.04. The van der Waals surface area contributed by atoms with E-state index in [-0.39, 0.29) is 11.5 Å². The number of hydrogen-bond donors (Lipinski definition) is 1. The number of nitrogens with zero attached hydrogens (tertiary/aromatic N) is 3. The third-order valence-electron chi connectivity index (χ3n) is 4.41. The number of hydrogen-bond acceptors (Lipinski definition) is 4. The van der Waals surface area contributed by atoms with E-state index >= 15 is 0 Å². The van der Waals surface area contributed by atoms with E-state index in [2.05, 4.69) is 24.3 Å². The molecule has 2 rings (SSSR count). The zero-order valence-electron chi connectivity index (χ0n) is 15.3. The molecule has 0 bridgehead atoms. The predicted molar refractivity (Wildman–Crippen MR) is 90.2 cm³/mol. The van der Waals surface area contributed by atoms with Gasteiger partial charge in [-0.1, -0.05) is 6.92 Å². The molecule has 1 amide bonds. The van der Waals surface area contributed by atoms with E-state index in [9.17, 15) is 4.79 Å². The van der Waals surface area contributed by atoms with Crippen LogP contribution in [0.25, 0.3) is 0 Å². The molecule has 1 aliphatic heterocycles. The van der Waals surface area contributed by atoms with E-state index < -0.39 is 5.60 Å². The summed E-state index contributed by atoms with van der Waals surface area (Å²) in [4.78, 5) is 14.0. The van der Waals surface area contributed by atoms with Gasteiger partial charge in [-0.3, -0.25) is 4.68 Å². The van der Waals surface area contributed by atoms with E-state index in [0.717, 1.165) is 32.6 Å². The zero-order chi connectivity index (χ0) is 17.3. The molecule has 130 valence electrons. The van der Waals surface area contributed by atoms with Crippen LogP contribution in [0.1, 0.15) is 45.4 Å². The largest absolute Gasteiger partial charge is 0.444 e. The van der Waals surface area contributed by atoms with Gasteiger partial charge >= 0.3 is 6.09 Å². The predicted octanol–water partition coefficient (Wildman–Crippen LogP) is 2.47. The first kappa shape index (κ1) is 17.8. The van der Waals surface area contributed by atoms with E-state index in [4.69, 9.17) is 4.74 Å². The topological polar surface area (TPSA) is 59.4 Å². The molecular weight excluding hydrogens is 292 g/mol. The summed E-state index contributed by atoms with van der Waals surface area (Å²) in [5.41, 5.74) is 2.06. The van der Waals surface area contributed by atoms with Crippen LogP contribution in [0, 0.1) is 12.3 Å². The monoisotopic (exact) mass is 322 g/mol. The number of aromatic nitrogens is 2. The Morgan fingerprint density at radius 2 is 2.17 bits per heavy atom. The van der Waals surface area contributed by atoms with Crippen LogP contribution in [0.2, 0.25) is 0 Å². The molecule has 0 aromatic carbocycles. The lowest BCUT2D eigenvalue weighted by molar-refractivity contribution is 0.0275. The summed E-state index contributed by atoms with van der Waals surface area (Å²) in [7, 11) is 1.95. The number of ether oxygens (including phenoxy) is 1. The molecule has 1 fully saturated rings. The van der Waals surface area contributed by atoms with Gasteiger partial charge in [0.2, 0.25) is 0 Å². The van der Waals surface area contributed by atoms with Crippen molar-refractivity contribution in [3.05, 3.63) is 17.5 Å². The van der Waals surface area contributed by atoms with E-state index in [1.54, 1.807) is 0 Å². The lowest BCUT2D eigenvalue weighted by Crippen LogP contribution is -2.39. The summed E-state index contributed by atoms with van der Waals surface area (Å²) in [6.45, 7) is 13.2. The Morgan fingerprint density at radius 3 is 2.74 bits per heavy atom. The van der Waals surface area contributed by atoms with E-state index in [1.165, 1.54) is 11.3 Å². The Labute approximate surface area is 139 Å². The summed E-state index contributed by atoms with van der Waals surface area (Å²) in [5, 5.41) is 7.77. The number of likely N-dealkylation sites (tertiary alicyclic amines) is 1. The first-order valence-electron chi connectivity index (χ1n) is 8.26. The maximum atomic E-state index is 12.2. The van der Waals surface area contributed by atoms with Crippen molar-refractivity contribution in [2.24, 2.45) is 12.5 Å². The Balaban J connectivity index is 1.82. The fraction of sp³-hybridized carbons (Fsp3) is 0.765. The van der Waals surface area contributed by atoms with Gasteiger partial charge in [0.25, 0.3) is 0 Å². The number of aryl methyl sites for hydroxylation is 1.